The first kappa shape index (κ1) is 19.2. The summed E-state index contributed by atoms with van der Waals surface area (Å²) in [4.78, 5) is 11.8. The van der Waals surface area contributed by atoms with Gasteiger partial charge in [0.2, 0.25) is 15.9 Å². The molecule has 2 rings (SSSR count). The third-order valence-corrected chi connectivity index (χ3v) is 4.78. The SMILES string of the molecule is O=C(CNS(=O)(=O)c1ccccc1)Nc1ccc(Cl)c(C(F)(F)F)c1. The molecule has 0 aromatic heterocycles. The maximum atomic E-state index is 12.8. The summed E-state index contributed by atoms with van der Waals surface area (Å²) in [5.74, 6) is -0.824. The molecule has 134 valence electrons. The first-order chi connectivity index (χ1) is 11.6. The van der Waals surface area contributed by atoms with Crippen molar-refractivity contribution in [3.05, 3.63) is 59.1 Å². The Balaban J connectivity index is 2.04. The molecule has 0 bridgehead atoms. The van der Waals surface area contributed by atoms with E-state index < -0.39 is 39.2 Å². The van der Waals surface area contributed by atoms with Gasteiger partial charge in [0.05, 0.1) is 22.0 Å². The molecule has 0 radical (unpaired) electrons. The number of alkyl halides is 3. The number of hydrogen-bond donors (Lipinski definition) is 2. The van der Waals surface area contributed by atoms with Gasteiger partial charge in [-0.15, -0.1) is 0 Å². The van der Waals surface area contributed by atoms with Crippen LogP contribution >= 0.6 is 11.6 Å². The molecule has 2 aromatic rings. The Morgan fingerprint density at radius 2 is 1.72 bits per heavy atom. The van der Waals surface area contributed by atoms with E-state index in [9.17, 15) is 26.4 Å². The number of hydrogen-bond acceptors (Lipinski definition) is 3. The maximum Gasteiger partial charge on any atom is 0.417 e. The van der Waals surface area contributed by atoms with Crippen LogP contribution in [0.2, 0.25) is 5.02 Å². The highest BCUT2D eigenvalue weighted by Gasteiger charge is 2.33. The van der Waals surface area contributed by atoms with Crippen molar-refractivity contribution in [2.24, 2.45) is 0 Å². The second kappa shape index (κ2) is 7.42. The van der Waals surface area contributed by atoms with Gasteiger partial charge in [-0.2, -0.15) is 13.2 Å². The highest BCUT2D eigenvalue weighted by Crippen LogP contribution is 2.36. The monoisotopic (exact) mass is 392 g/mol. The molecule has 0 aliphatic carbocycles. The summed E-state index contributed by atoms with van der Waals surface area (Å²) in [5, 5.41) is 1.68. The second-order valence-corrected chi connectivity index (χ2v) is 7.05. The third-order valence-electron chi connectivity index (χ3n) is 3.03. The molecule has 10 heteroatoms. The van der Waals surface area contributed by atoms with Crippen LogP contribution in [0.4, 0.5) is 18.9 Å². The lowest BCUT2D eigenvalue weighted by Crippen LogP contribution is -2.32. The van der Waals surface area contributed by atoms with Crippen LogP contribution in [0.3, 0.4) is 0 Å². The zero-order chi connectivity index (χ0) is 18.7. The van der Waals surface area contributed by atoms with Crippen LogP contribution in [0.25, 0.3) is 0 Å². The number of anilines is 1. The van der Waals surface area contributed by atoms with E-state index in [2.05, 4.69) is 10.0 Å². The van der Waals surface area contributed by atoms with Crippen LogP contribution in [0.5, 0.6) is 0 Å². The van der Waals surface area contributed by atoms with E-state index in [-0.39, 0.29) is 10.6 Å². The van der Waals surface area contributed by atoms with E-state index in [0.717, 1.165) is 6.07 Å². The van der Waals surface area contributed by atoms with Crippen molar-refractivity contribution in [2.75, 3.05) is 11.9 Å². The summed E-state index contributed by atoms with van der Waals surface area (Å²) < 4.78 is 64.3. The van der Waals surface area contributed by atoms with Crippen LogP contribution in [-0.4, -0.2) is 20.9 Å². The van der Waals surface area contributed by atoms with Gasteiger partial charge in [0, 0.05) is 5.69 Å². The minimum atomic E-state index is -4.67. The molecule has 5 nitrogen and oxygen atoms in total. The van der Waals surface area contributed by atoms with Crippen molar-refractivity contribution in [3.63, 3.8) is 0 Å². The van der Waals surface area contributed by atoms with Crippen LogP contribution in [-0.2, 0) is 21.0 Å². The van der Waals surface area contributed by atoms with Gasteiger partial charge >= 0.3 is 6.18 Å². The van der Waals surface area contributed by atoms with Gasteiger partial charge < -0.3 is 5.32 Å². The van der Waals surface area contributed by atoms with Crippen molar-refractivity contribution >= 4 is 33.2 Å². The summed E-state index contributed by atoms with van der Waals surface area (Å²) in [7, 11) is -3.90. The molecule has 0 aliphatic rings. The zero-order valence-electron chi connectivity index (χ0n) is 12.5. The largest absolute Gasteiger partial charge is 0.417 e. The normalized spacial score (nSPS) is 12.0. The number of benzene rings is 2. The molecular formula is C15H12ClF3N2O3S. The Bertz CT molecular complexity index is 871. The molecular weight excluding hydrogens is 381 g/mol. The lowest BCUT2D eigenvalue weighted by atomic mass is 10.2. The molecule has 2 aromatic carbocycles. The van der Waals surface area contributed by atoms with Crippen LogP contribution in [0, 0.1) is 0 Å². The molecule has 25 heavy (non-hydrogen) atoms. The average molecular weight is 393 g/mol. The summed E-state index contributed by atoms with van der Waals surface area (Å²) in [5.41, 5.74) is -1.25. The molecule has 0 aliphatic heterocycles. The smallest absolute Gasteiger partial charge is 0.325 e. The predicted octanol–water partition coefficient (Wildman–Crippen LogP) is 3.28. The van der Waals surface area contributed by atoms with E-state index in [1.807, 2.05) is 0 Å². The van der Waals surface area contributed by atoms with Crippen molar-refractivity contribution in [3.8, 4) is 0 Å². The van der Waals surface area contributed by atoms with Crippen LogP contribution in [0.1, 0.15) is 5.56 Å². The van der Waals surface area contributed by atoms with Gasteiger partial charge in [0.15, 0.2) is 0 Å². The maximum absolute atomic E-state index is 12.8. The summed E-state index contributed by atoms with van der Waals surface area (Å²) in [6, 6.07) is 10.2. The van der Waals surface area contributed by atoms with Gasteiger partial charge in [-0.3, -0.25) is 4.79 Å². The van der Waals surface area contributed by atoms with Gasteiger partial charge in [0.25, 0.3) is 0 Å². The van der Waals surface area contributed by atoms with Crippen LogP contribution < -0.4 is 10.0 Å². The number of rotatable bonds is 5. The van der Waals surface area contributed by atoms with E-state index >= 15 is 0 Å². The van der Waals surface area contributed by atoms with Gasteiger partial charge in [0.1, 0.15) is 0 Å². The molecule has 0 heterocycles. The third kappa shape index (κ3) is 5.18. The number of amides is 1. The minimum Gasteiger partial charge on any atom is -0.325 e. The zero-order valence-corrected chi connectivity index (χ0v) is 14.0. The predicted molar refractivity (Wildman–Crippen MR) is 86.7 cm³/mol. The van der Waals surface area contributed by atoms with Gasteiger partial charge in [-0.25, -0.2) is 13.1 Å². The minimum absolute atomic E-state index is 0.0337. The summed E-state index contributed by atoms with van der Waals surface area (Å²) in [6.07, 6.45) is -4.67. The van der Waals surface area contributed by atoms with Crippen LogP contribution in [0.15, 0.2) is 53.4 Å². The highest BCUT2D eigenvalue weighted by molar-refractivity contribution is 7.89. The Morgan fingerprint density at radius 3 is 2.32 bits per heavy atom. The quantitative estimate of drug-likeness (QED) is 0.820. The fourth-order valence-corrected chi connectivity index (χ4v) is 3.10. The number of carbonyl (C=O) groups excluding carboxylic acids is 1. The molecule has 0 saturated heterocycles. The fourth-order valence-electron chi connectivity index (χ4n) is 1.87. The van der Waals surface area contributed by atoms with Crippen molar-refractivity contribution in [2.45, 2.75) is 11.1 Å². The van der Waals surface area contributed by atoms with Crippen molar-refractivity contribution in [1.82, 2.24) is 4.72 Å². The summed E-state index contributed by atoms with van der Waals surface area (Å²) in [6.45, 7) is -0.638. The number of sulfonamides is 1. The molecule has 0 spiro atoms. The first-order valence-electron chi connectivity index (χ1n) is 6.81. The highest BCUT2D eigenvalue weighted by atomic mass is 35.5. The average Bonchev–Trinajstić information content (AvgIpc) is 2.55. The lowest BCUT2D eigenvalue weighted by Gasteiger charge is -2.12. The number of halogens is 4. The van der Waals surface area contributed by atoms with Gasteiger partial charge in [-0.05, 0) is 30.3 Å². The number of nitrogens with one attached hydrogen (secondary N) is 2. The van der Waals surface area contributed by atoms with Gasteiger partial charge in [-0.1, -0.05) is 29.8 Å². The molecule has 0 atom stereocenters. The van der Waals surface area contributed by atoms with Crippen molar-refractivity contribution < 1.29 is 26.4 Å². The fraction of sp³-hybridized carbons (Fsp3) is 0.133. The molecule has 2 N–H and O–H groups in total. The van der Waals surface area contributed by atoms with E-state index in [0.29, 0.717) is 6.07 Å². The molecule has 0 unspecified atom stereocenters. The Morgan fingerprint density at radius 1 is 1.08 bits per heavy atom. The number of carbonyl (C=O) groups is 1. The van der Waals surface area contributed by atoms with E-state index in [1.165, 1.54) is 30.3 Å². The summed E-state index contributed by atoms with van der Waals surface area (Å²) >= 11 is 5.48. The Hall–Kier alpha value is -2.10. The lowest BCUT2D eigenvalue weighted by molar-refractivity contribution is -0.137. The standard InChI is InChI=1S/C15H12ClF3N2O3S/c16-13-7-6-10(8-12(13)15(17,18)19)21-14(22)9-20-25(23,24)11-4-2-1-3-5-11/h1-8,20H,9H2,(H,21,22). The Labute approximate surface area is 146 Å². The second-order valence-electron chi connectivity index (χ2n) is 4.88. The van der Waals surface area contributed by atoms with E-state index in [4.69, 9.17) is 11.6 Å². The molecule has 0 saturated carbocycles. The van der Waals surface area contributed by atoms with Crippen molar-refractivity contribution in [1.29, 1.82) is 0 Å². The van der Waals surface area contributed by atoms with E-state index in [1.54, 1.807) is 6.07 Å². The molecule has 0 fully saturated rings. The first-order valence-corrected chi connectivity index (χ1v) is 8.67. The Kier molecular flexibility index (Phi) is 5.71. The topological polar surface area (TPSA) is 75.3 Å². The molecule has 1 amide bonds.